The number of hydrogen-bond donors (Lipinski definition) is 1. The summed E-state index contributed by atoms with van der Waals surface area (Å²) in [6, 6.07) is 14.5. The number of halogens is 1. The van der Waals surface area contributed by atoms with Gasteiger partial charge in [-0.3, -0.25) is 4.79 Å². The fourth-order valence-corrected chi connectivity index (χ4v) is 2.63. The molecule has 0 fully saturated rings. The van der Waals surface area contributed by atoms with Gasteiger partial charge in [0.05, 0.1) is 11.9 Å². The summed E-state index contributed by atoms with van der Waals surface area (Å²) in [6.07, 6.45) is 2.25. The molecule has 6 nitrogen and oxygen atoms in total. The van der Waals surface area contributed by atoms with E-state index < -0.39 is 5.69 Å². The van der Waals surface area contributed by atoms with Gasteiger partial charge in [-0.1, -0.05) is 48.9 Å². The lowest BCUT2D eigenvalue weighted by Crippen LogP contribution is -2.31. The SMILES string of the molecule is CCc1ccccc1NC(=O)Cn1ncc(-c2ccc(Cl)cc2)nc1=O. The molecule has 0 spiro atoms. The van der Waals surface area contributed by atoms with Crippen LogP contribution in [-0.4, -0.2) is 20.7 Å². The molecular formula is C19H17ClN4O2. The molecule has 3 aromatic rings. The van der Waals surface area contributed by atoms with Gasteiger partial charge in [-0.05, 0) is 30.2 Å². The van der Waals surface area contributed by atoms with Gasteiger partial charge in [0.2, 0.25) is 5.91 Å². The summed E-state index contributed by atoms with van der Waals surface area (Å²) in [5.74, 6) is -0.332. The van der Waals surface area contributed by atoms with E-state index in [1.165, 1.54) is 6.20 Å². The minimum atomic E-state index is -0.587. The van der Waals surface area contributed by atoms with Crippen molar-refractivity contribution >= 4 is 23.2 Å². The number of nitrogens with zero attached hydrogens (tertiary/aromatic N) is 3. The monoisotopic (exact) mass is 368 g/mol. The van der Waals surface area contributed by atoms with Crippen LogP contribution in [0.2, 0.25) is 5.02 Å². The van der Waals surface area contributed by atoms with Crippen LogP contribution in [0.5, 0.6) is 0 Å². The van der Waals surface area contributed by atoms with Gasteiger partial charge in [0.25, 0.3) is 0 Å². The Morgan fingerprint density at radius 1 is 1.15 bits per heavy atom. The number of amides is 1. The highest BCUT2D eigenvalue weighted by molar-refractivity contribution is 6.30. The Balaban J connectivity index is 1.75. The van der Waals surface area contributed by atoms with Crippen molar-refractivity contribution in [1.82, 2.24) is 14.8 Å². The third-order valence-electron chi connectivity index (χ3n) is 3.86. The number of carbonyl (C=O) groups excluding carboxylic acids is 1. The Bertz CT molecular complexity index is 983. The zero-order valence-corrected chi connectivity index (χ0v) is 14.9. The number of carbonyl (C=O) groups is 1. The molecule has 0 unspecified atom stereocenters. The van der Waals surface area contributed by atoms with Crippen LogP contribution in [0.4, 0.5) is 5.69 Å². The van der Waals surface area contributed by atoms with E-state index in [1.807, 2.05) is 31.2 Å². The molecule has 0 saturated carbocycles. The Morgan fingerprint density at radius 2 is 1.88 bits per heavy atom. The van der Waals surface area contributed by atoms with E-state index in [0.29, 0.717) is 10.7 Å². The molecule has 1 heterocycles. The second kappa shape index (κ2) is 7.93. The normalized spacial score (nSPS) is 10.5. The summed E-state index contributed by atoms with van der Waals surface area (Å²) >= 11 is 5.85. The van der Waals surface area contributed by atoms with Gasteiger partial charge in [0.1, 0.15) is 6.54 Å². The Kier molecular flexibility index (Phi) is 5.43. The Labute approximate surface area is 155 Å². The number of para-hydroxylation sites is 1. The van der Waals surface area contributed by atoms with Crippen LogP contribution in [0.1, 0.15) is 12.5 Å². The summed E-state index contributed by atoms with van der Waals surface area (Å²) in [5, 5.41) is 7.45. The molecule has 0 saturated heterocycles. The highest BCUT2D eigenvalue weighted by atomic mass is 35.5. The van der Waals surface area contributed by atoms with Gasteiger partial charge in [-0.2, -0.15) is 10.1 Å². The molecule has 0 bridgehead atoms. The topological polar surface area (TPSA) is 76.9 Å². The number of aromatic nitrogens is 3. The lowest BCUT2D eigenvalue weighted by atomic mass is 10.1. The standard InChI is InChI=1S/C19H17ClN4O2/c1-2-13-5-3-4-6-16(13)22-18(25)12-24-19(26)23-17(11-21-24)14-7-9-15(20)10-8-14/h3-11H,2,12H2,1H3,(H,22,25). The van der Waals surface area contributed by atoms with E-state index in [2.05, 4.69) is 15.4 Å². The molecule has 132 valence electrons. The maximum Gasteiger partial charge on any atom is 0.365 e. The lowest BCUT2D eigenvalue weighted by molar-refractivity contribution is -0.117. The molecule has 1 N–H and O–H groups in total. The van der Waals surface area contributed by atoms with Crippen molar-refractivity contribution in [3.63, 3.8) is 0 Å². The minimum absolute atomic E-state index is 0.204. The first-order valence-corrected chi connectivity index (χ1v) is 8.52. The lowest BCUT2D eigenvalue weighted by Gasteiger charge is -2.10. The van der Waals surface area contributed by atoms with Gasteiger partial charge >= 0.3 is 5.69 Å². The van der Waals surface area contributed by atoms with E-state index in [-0.39, 0.29) is 12.5 Å². The molecule has 0 atom stereocenters. The van der Waals surface area contributed by atoms with Crippen LogP contribution in [-0.2, 0) is 17.8 Å². The van der Waals surface area contributed by atoms with E-state index in [1.54, 1.807) is 24.3 Å². The van der Waals surface area contributed by atoms with Crippen molar-refractivity contribution in [2.45, 2.75) is 19.9 Å². The average molecular weight is 369 g/mol. The predicted molar refractivity (Wildman–Crippen MR) is 101 cm³/mol. The molecule has 0 radical (unpaired) electrons. The summed E-state index contributed by atoms with van der Waals surface area (Å²) in [6.45, 7) is 1.81. The Morgan fingerprint density at radius 3 is 2.58 bits per heavy atom. The van der Waals surface area contributed by atoms with Crippen molar-refractivity contribution in [2.75, 3.05) is 5.32 Å². The number of nitrogens with one attached hydrogen (secondary N) is 1. The summed E-state index contributed by atoms with van der Waals surface area (Å²) in [7, 11) is 0. The molecule has 0 aliphatic heterocycles. The zero-order chi connectivity index (χ0) is 18.5. The second-order valence-corrected chi connectivity index (χ2v) is 6.08. The van der Waals surface area contributed by atoms with Crippen LogP contribution in [0, 0.1) is 0 Å². The summed E-state index contributed by atoms with van der Waals surface area (Å²) in [4.78, 5) is 28.4. The van der Waals surface area contributed by atoms with Crippen molar-refractivity contribution in [3.05, 3.63) is 75.8 Å². The fraction of sp³-hybridized carbons (Fsp3) is 0.158. The molecule has 1 aromatic heterocycles. The molecular weight excluding hydrogens is 352 g/mol. The quantitative estimate of drug-likeness (QED) is 0.750. The Hall–Kier alpha value is -2.99. The third kappa shape index (κ3) is 4.15. The van der Waals surface area contributed by atoms with Gasteiger partial charge in [-0.25, -0.2) is 9.48 Å². The maximum atomic E-state index is 12.2. The molecule has 26 heavy (non-hydrogen) atoms. The highest BCUT2D eigenvalue weighted by Crippen LogP contribution is 2.18. The van der Waals surface area contributed by atoms with E-state index in [9.17, 15) is 9.59 Å². The van der Waals surface area contributed by atoms with Crippen LogP contribution in [0.25, 0.3) is 11.3 Å². The smallest absolute Gasteiger partial charge is 0.324 e. The number of benzene rings is 2. The predicted octanol–water partition coefficient (Wildman–Crippen LogP) is 3.16. The zero-order valence-electron chi connectivity index (χ0n) is 14.1. The molecule has 1 amide bonds. The average Bonchev–Trinajstić information content (AvgIpc) is 2.64. The van der Waals surface area contributed by atoms with E-state index in [0.717, 1.165) is 27.9 Å². The number of rotatable bonds is 5. The molecule has 0 aliphatic rings. The fourth-order valence-electron chi connectivity index (χ4n) is 2.51. The van der Waals surface area contributed by atoms with Crippen LogP contribution < -0.4 is 11.0 Å². The maximum absolute atomic E-state index is 12.2. The van der Waals surface area contributed by atoms with Crippen LogP contribution in [0.3, 0.4) is 0 Å². The largest absolute Gasteiger partial charge is 0.365 e. The molecule has 0 aliphatic carbocycles. The van der Waals surface area contributed by atoms with Crippen LogP contribution in [0.15, 0.2) is 59.5 Å². The first-order valence-electron chi connectivity index (χ1n) is 8.14. The summed E-state index contributed by atoms with van der Waals surface area (Å²) < 4.78 is 1.03. The number of anilines is 1. The number of hydrogen-bond acceptors (Lipinski definition) is 4. The first-order chi connectivity index (χ1) is 12.6. The van der Waals surface area contributed by atoms with E-state index >= 15 is 0 Å². The van der Waals surface area contributed by atoms with Gasteiger partial charge in [0.15, 0.2) is 0 Å². The second-order valence-electron chi connectivity index (χ2n) is 5.65. The van der Waals surface area contributed by atoms with Crippen molar-refractivity contribution in [3.8, 4) is 11.3 Å². The van der Waals surface area contributed by atoms with Crippen LogP contribution >= 0.6 is 11.6 Å². The summed E-state index contributed by atoms with van der Waals surface area (Å²) in [5.41, 5.74) is 2.33. The van der Waals surface area contributed by atoms with E-state index in [4.69, 9.17) is 11.6 Å². The number of aryl methyl sites for hydroxylation is 1. The first kappa shape index (κ1) is 17.8. The van der Waals surface area contributed by atoms with Crippen molar-refractivity contribution in [1.29, 1.82) is 0 Å². The minimum Gasteiger partial charge on any atom is -0.324 e. The van der Waals surface area contributed by atoms with Crippen molar-refractivity contribution < 1.29 is 4.79 Å². The molecule has 3 rings (SSSR count). The van der Waals surface area contributed by atoms with Gasteiger partial charge in [-0.15, -0.1) is 0 Å². The third-order valence-corrected chi connectivity index (χ3v) is 4.11. The van der Waals surface area contributed by atoms with Gasteiger partial charge in [0, 0.05) is 16.3 Å². The van der Waals surface area contributed by atoms with Gasteiger partial charge < -0.3 is 5.32 Å². The highest BCUT2D eigenvalue weighted by Gasteiger charge is 2.10. The van der Waals surface area contributed by atoms with Crippen molar-refractivity contribution in [2.24, 2.45) is 0 Å². The molecule has 7 heteroatoms. The molecule has 2 aromatic carbocycles.